The second kappa shape index (κ2) is 5.62. The Hall–Kier alpha value is -1.89. The van der Waals surface area contributed by atoms with Gasteiger partial charge in [-0.05, 0) is 32.2 Å². The molecule has 1 unspecified atom stereocenters. The maximum absolute atomic E-state index is 12.7. The number of likely N-dealkylation sites (N-methyl/N-ethyl adjacent to an activating group) is 1. The molecule has 0 aliphatic rings. The summed E-state index contributed by atoms with van der Waals surface area (Å²) in [7, 11) is 1.84. The van der Waals surface area contributed by atoms with Gasteiger partial charge in [0.2, 0.25) is 0 Å². The van der Waals surface area contributed by atoms with Gasteiger partial charge >= 0.3 is 6.18 Å². The van der Waals surface area contributed by atoms with E-state index in [1.807, 2.05) is 14.0 Å². The number of halogens is 3. The Kier molecular flexibility index (Phi) is 4.08. The monoisotopic (exact) mass is 284 g/mol. The van der Waals surface area contributed by atoms with Crippen LogP contribution in [0.2, 0.25) is 0 Å². The van der Waals surface area contributed by atoms with Gasteiger partial charge in [-0.3, -0.25) is 0 Å². The van der Waals surface area contributed by atoms with E-state index in [9.17, 15) is 13.2 Å². The zero-order valence-electron chi connectivity index (χ0n) is 11.1. The molecule has 0 fully saturated rings. The van der Waals surface area contributed by atoms with Crippen LogP contribution in [0.5, 0.6) is 0 Å². The van der Waals surface area contributed by atoms with Crippen molar-refractivity contribution >= 4 is 0 Å². The molecular weight excluding hydrogens is 269 g/mol. The number of nitrogens with zero attached hydrogens (tertiary/aromatic N) is 3. The Labute approximate surface area is 114 Å². The van der Waals surface area contributed by atoms with Gasteiger partial charge in [-0.1, -0.05) is 11.3 Å². The van der Waals surface area contributed by atoms with Crippen LogP contribution in [-0.4, -0.2) is 28.1 Å². The second-order valence-corrected chi connectivity index (χ2v) is 4.60. The summed E-state index contributed by atoms with van der Waals surface area (Å²) in [6, 6.07) is 5.23. The molecule has 0 spiro atoms. The first-order valence-corrected chi connectivity index (χ1v) is 6.16. The van der Waals surface area contributed by atoms with E-state index in [1.54, 1.807) is 12.3 Å². The number of benzene rings is 1. The fourth-order valence-electron chi connectivity index (χ4n) is 1.76. The highest BCUT2D eigenvalue weighted by atomic mass is 19.4. The molecule has 2 rings (SSSR count). The van der Waals surface area contributed by atoms with Crippen molar-refractivity contribution in [3.05, 3.63) is 41.7 Å². The summed E-state index contributed by atoms with van der Waals surface area (Å²) in [5, 5.41) is 10.9. The van der Waals surface area contributed by atoms with E-state index in [2.05, 4.69) is 15.6 Å². The smallest absolute Gasteiger partial charge is 0.317 e. The molecule has 0 amide bonds. The summed E-state index contributed by atoms with van der Waals surface area (Å²) in [5.74, 6) is 0. The van der Waals surface area contributed by atoms with E-state index < -0.39 is 11.7 Å². The SMILES string of the molecule is CNC(C)Cc1cn(-c2cccc(C(F)(F)F)c2)nn1. The lowest BCUT2D eigenvalue weighted by molar-refractivity contribution is -0.137. The van der Waals surface area contributed by atoms with Crippen LogP contribution in [0.15, 0.2) is 30.5 Å². The van der Waals surface area contributed by atoms with Gasteiger partial charge in [0, 0.05) is 12.5 Å². The van der Waals surface area contributed by atoms with Crippen molar-refractivity contribution in [2.45, 2.75) is 25.6 Å². The predicted octanol–water partition coefficient (Wildman–Crippen LogP) is 2.44. The topological polar surface area (TPSA) is 42.7 Å². The average Bonchev–Trinajstić information content (AvgIpc) is 2.86. The van der Waals surface area contributed by atoms with Crippen LogP contribution in [0.1, 0.15) is 18.2 Å². The number of alkyl halides is 3. The molecule has 0 aliphatic heterocycles. The minimum absolute atomic E-state index is 0.224. The van der Waals surface area contributed by atoms with Crippen LogP contribution < -0.4 is 5.32 Å². The van der Waals surface area contributed by atoms with Crippen molar-refractivity contribution in [1.82, 2.24) is 20.3 Å². The maximum Gasteiger partial charge on any atom is 0.416 e. The first kappa shape index (κ1) is 14.5. The van der Waals surface area contributed by atoms with E-state index in [0.29, 0.717) is 12.1 Å². The normalized spacial score (nSPS) is 13.4. The van der Waals surface area contributed by atoms with E-state index >= 15 is 0 Å². The van der Waals surface area contributed by atoms with Crippen molar-refractivity contribution in [3.8, 4) is 5.69 Å². The van der Waals surface area contributed by atoms with E-state index in [-0.39, 0.29) is 6.04 Å². The van der Waals surface area contributed by atoms with Crippen molar-refractivity contribution in [2.24, 2.45) is 0 Å². The van der Waals surface area contributed by atoms with Crippen molar-refractivity contribution in [1.29, 1.82) is 0 Å². The van der Waals surface area contributed by atoms with Gasteiger partial charge in [0.05, 0.1) is 23.1 Å². The predicted molar refractivity (Wildman–Crippen MR) is 68.6 cm³/mol. The molecule has 1 atom stereocenters. The fraction of sp³-hybridized carbons (Fsp3) is 0.385. The second-order valence-electron chi connectivity index (χ2n) is 4.60. The van der Waals surface area contributed by atoms with Gasteiger partial charge in [0.1, 0.15) is 0 Å². The van der Waals surface area contributed by atoms with Gasteiger partial charge in [0.25, 0.3) is 0 Å². The highest BCUT2D eigenvalue weighted by Crippen LogP contribution is 2.30. The first-order chi connectivity index (χ1) is 9.40. The summed E-state index contributed by atoms with van der Waals surface area (Å²) < 4.78 is 39.3. The minimum Gasteiger partial charge on any atom is -0.317 e. The molecule has 1 aromatic carbocycles. The highest BCUT2D eigenvalue weighted by Gasteiger charge is 2.30. The van der Waals surface area contributed by atoms with E-state index in [1.165, 1.54) is 10.7 Å². The minimum atomic E-state index is -4.36. The average molecular weight is 284 g/mol. The van der Waals surface area contributed by atoms with Crippen LogP contribution in [0, 0.1) is 0 Å². The van der Waals surface area contributed by atoms with Crippen LogP contribution in [0.4, 0.5) is 13.2 Å². The zero-order chi connectivity index (χ0) is 14.8. The Bertz CT molecular complexity index is 577. The third-order valence-electron chi connectivity index (χ3n) is 2.99. The molecule has 1 N–H and O–H groups in total. The number of rotatable bonds is 4. The fourth-order valence-corrected chi connectivity index (χ4v) is 1.76. The quantitative estimate of drug-likeness (QED) is 0.937. The third-order valence-corrected chi connectivity index (χ3v) is 2.99. The number of hydrogen-bond acceptors (Lipinski definition) is 3. The Balaban J connectivity index is 2.24. The Morgan fingerprint density at radius 1 is 1.35 bits per heavy atom. The number of aromatic nitrogens is 3. The largest absolute Gasteiger partial charge is 0.416 e. The third kappa shape index (κ3) is 3.36. The van der Waals surface area contributed by atoms with Gasteiger partial charge in [-0.2, -0.15) is 13.2 Å². The summed E-state index contributed by atoms with van der Waals surface area (Å²) >= 11 is 0. The molecule has 7 heteroatoms. The van der Waals surface area contributed by atoms with Crippen LogP contribution >= 0.6 is 0 Å². The van der Waals surface area contributed by atoms with Gasteiger partial charge < -0.3 is 5.32 Å². The molecule has 0 aliphatic carbocycles. The zero-order valence-corrected chi connectivity index (χ0v) is 11.1. The molecule has 1 aromatic heterocycles. The van der Waals surface area contributed by atoms with Gasteiger partial charge in [-0.15, -0.1) is 5.10 Å². The van der Waals surface area contributed by atoms with Crippen molar-refractivity contribution in [3.63, 3.8) is 0 Å². The summed E-state index contributed by atoms with van der Waals surface area (Å²) in [6.07, 6.45) is -2.06. The molecular formula is C13H15F3N4. The molecule has 0 saturated heterocycles. The molecule has 1 heterocycles. The summed E-state index contributed by atoms with van der Waals surface area (Å²) in [5.41, 5.74) is 0.371. The summed E-state index contributed by atoms with van der Waals surface area (Å²) in [6.45, 7) is 1.99. The molecule has 2 aromatic rings. The first-order valence-electron chi connectivity index (χ1n) is 6.16. The molecule has 0 bridgehead atoms. The highest BCUT2D eigenvalue weighted by molar-refractivity contribution is 5.36. The summed E-state index contributed by atoms with van der Waals surface area (Å²) in [4.78, 5) is 0. The number of nitrogens with one attached hydrogen (secondary N) is 1. The van der Waals surface area contributed by atoms with Gasteiger partial charge in [-0.25, -0.2) is 4.68 Å². The van der Waals surface area contributed by atoms with Crippen molar-refractivity contribution < 1.29 is 13.2 Å². The van der Waals surface area contributed by atoms with Crippen LogP contribution in [-0.2, 0) is 12.6 Å². The number of hydrogen-bond donors (Lipinski definition) is 1. The van der Waals surface area contributed by atoms with Crippen LogP contribution in [0.3, 0.4) is 0 Å². The lowest BCUT2D eigenvalue weighted by atomic mass is 10.2. The Morgan fingerprint density at radius 3 is 2.75 bits per heavy atom. The molecule has 20 heavy (non-hydrogen) atoms. The molecule has 0 saturated carbocycles. The lowest BCUT2D eigenvalue weighted by Crippen LogP contribution is -2.23. The van der Waals surface area contributed by atoms with E-state index in [0.717, 1.165) is 17.8 Å². The molecule has 0 radical (unpaired) electrons. The van der Waals surface area contributed by atoms with Crippen LogP contribution in [0.25, 0.3) is 5.69 Å². The lowest BCUT2D eigenvalue weighted by Gasteiger charge is -2.08. The molecule has 4 nitrogen and oxygen atoms in total. The maximum atomic E-state index is 12.7. The Morgan fingerprint density at radius 2 is 2.10 bits per heavy atom. The molecule has 108 valence electrons. The van der Waals surface area contributed by atoms with Gasteiger partial charge in [0.15, 0.2) is 0 Å². The standard InChI is InChI=1S/C13H15F3N4/c1-9(17-2)6-11-8-20(19-18-11)12-5-3-4-10(7-12)13(14,15)16/h3-5,7-9,17H,6H2,1-2H3. The van der Waals surface area contributed by atoms with E-state index in [4.69, 9.17) is 0 Å². The van der Waals surface area contributed by atoms with Crippen molar-refractivity contribution in [2.75, 3.05) is 7.05 Å².